The van der Waals surface area contributed by atoms with Gasteiger partial charge in [-0.15, -0.1) is 0 Å². The Morgan fingerprint density at radius 2 is 0.976 bits per heavy atom. The lowest BCUT2D eigenvalue weighted by Gasteiger charge is -2.42. The first kappa shape index (κ1) is 28.1. The summed E-state index contributed by atoms with van der Waals surface area (Å²) in [5, 5.41) is 0.737. The van der Waals surface area contributed by atoms with Gasteiger partial charge in [0.2, 0.25) is 0 Å². The maximum Gasteiger partial charge on any atom is 0.0482 e. The Morgan fingerprint density at radius 1 is 0.476 bits per heavy atom. The lowest BCUT2D eigenvalue weighted by Crippen LogP contribution is -2.34. The molecule has 0 unspecified atom stereocenters. The van der Waals surface area contributed by atoms with Crippen LogP contribution in [0.15, 0.2) is 121 Å². The van der Waals surface area contributed by atoms with Crippen LogP contribution in [0.5, 0.6) is 0 Å². The minimum absolute atomic E-state index is 0.107. The monoisotopic (exact) mass is 570 g/mol. The zero-order chi connectivity index (χ0) is 29.5. The second-order valence-electron chi connectivity index (χ2n) is 12.8. The zero-order valence-electron chi connectivity index (χ0n) is 25.2. The van der Waals surface area contributed by atoms with Crippen molar-refractivity contribution in [1.29, 1.82) is 0 Å². The van der Waals surface area contributed by atoms with E-state index < -0.39 is 0 Å². The molecule has 0 aromatic heterocycles. The number of rotatable bonds is 6. The smallest absolute Gasteiger partial charge is 0.0482 e. The first-order valence-corrected chi connectivity index (χ1v) is 15.2. The van der Waals surface area contributed by atoms with Gasteiger partial charge in [-0.25, -0.2) is 0 Å². The topological polar surface area (TPSA) is 6.48 Å². The molecule has 0 spiro atoms. The van der Waals surface area contributed by atoms with Crippen LogP contribution in [0.25, 0.3) is 0 Å². The predicted octanol–water partition coefficient (Wildman–Crippen LogP) is 11.9. The Morgan fingerprint density at radius 3 is 1.55 bits per heavy atom. The molecule has 2 nitrogen and oxygen atoms in total. The standard InChI is InChI=1S/C39H39ClN2/c1-28-23-29(40)25-35(24-28)42(34-19-20-36-37(27-34)39(4,5)22-21-38(36,2)3)33-18-12-17-32(26-33)41(30-13-8-6-9-14-30)31-15-10-7-11-16-31/h6-20,23-27H,21-22H2,1-5H3. The Bertz CT molecular complexity index is 1650. The van der Waals surface area contributed by atoms with Gasteiger partial charge in [-0.1, -0.05) is 87.8 Å². The molecule has 0 heterocycles. The summed E-state index contributed by atoms with van der Waals surface area (Å²) in [5.74, 6) is 0. The molecule has 0 aliphatic heterocycles. The van der Waals surface area contributed by atoms with E-state index in [4.69, 9.17) is 11.6 Å². The van der Waals surface area contributed by atoms with Crippen molar-refractivity contribution in [2.24, 2.45) is 0 Å². The maximum absolute atomic E-state index is 6.67. The van der Waals surface area contributed by atoms with E-state index in [1.54, 1.807) is 0 Å². The number of hydrogen-bond acceptors (Lipinski definition) is 2. The van der Waals surface area contributed by atoms with Crippen LogP contribution >= 0.6 is 11.6 Å². The van der Waals surface area contributed by atoms with Gasteiger partial charge in [0, 0.05) is 39.1 Å². The summed E-state index contributed by atoms with van der Waals surface area (Å²) in [4.78, 5) is 4.66. The van der Waals surface area contributed by atoms with Crippen molar-refractivity contribution in [1.82, 2.24) is 0 Å². The van der Waals surface area contributed by atoms with Crippen molar-refractivity contribution >= 4 is 45.7 Å². The molecule has 0 fully saturated rings. The summed E-state index contributed by atoms with van der Waals surface area (Å²) < 4.78 is 0. The number of para-hydroxylation sites is 2. The van der Waals surface area contributed by atoms with Crippen molar-refractivity contribution in [3.8, 4) is 0 Å². The Kier molecular flexibility index (Phi) is 7.37. The quantitative estimate of drug-likeness (QED) is 0.200. The fourth-order valence-electron chi connectivity index (χ4n) is 6.38. The fourth-order valence-corrected chi connectivity index (χ4v) is 6.67. The highest BCUT2D eigenvalue weighted by Gasteiger charge is 2.37. The van der Waals surface area contributed by atoms with Gasteiger partial charge in [0.25, 0.3) is 0 Å². The van der Waals surface area contributed by atoms with Crippen LogP contribution in [0.3, 0.4) is 0 Å². The van der Waals surface area contributed by atoms with Crippen molar-refractivity contribution < 1.29 is 0 Å². The van der Waals surface area contributed by atoms with Gasteiger partial charge >= 0.3 is 0 Å². The minimum Gasteiger partial charge on any atom is -0.310 e. The molecule has 0 N–H and O–H groups in total. The van der Waals surface area contributed by atoms with Crippen LogP contribution in [0.1, 0.15) is 57.2 Å². The van der Waals surface area contributed by atoms with Crippen molar-refractivity contribution in [3.63, 3.8) is 0 Å². The Labute approximate surface area is 256 Å². The van der Waals surface area contributed by atoms with Gasteiger partial charge in [0.05, 0.1) is 0 Å². The average Bonchev–Trinajstić information content (AvgIpc) is 2.97. The third-order valence-electron chi connectivity index (χ3n) is 8.75. The van der Waals surface area contributed by atoms with Crippen LogP contribution in [-0.2, 0) is 10.8 Å². The van der Waals surface area contributed by atoms with E-state index >= 15 is 0 Å². The van der Waals surface area contributed by atoms with Gasteiger partial charge in [-0.3, -0.25) is 0 Å². The van der Waals surface area contributed by atoms with Gasteiger partial charge in [0.15, 0.2) is 0 Å². The van der Waals surface area contributed by atoms with E-state index in [9.17, 15) is 0 Å². The molecule has 3 heteroatoms. The third-order valence-corrected chi connectivity index (χ3v) is 8.97. The lowest BCUT2D eigenvalue weighted by atomic mass is 9.63. The first-order chi connectivity index (χ1) is 20.1. The van der Waals surface area contributed by atoms with E-state index in [2.05, 4.69) is 160 Å². The highest BCUT2D eigenvalue weighted by Crippen LogP contribution is 2.48. The lowest BCUT2D eigenvalue weighted by molar-refractivity contribution is 0.332. The van der Waals surface area contributed by atoms with E-state index in [-0.39, 0.29) is 10.8 Å². The first-order valence-electron chi connectivity index (χ1n) is 14.9. The summed E-state index contributed by atoms with van der Waals surface area (Å²) in [6, 6.07) is 43.3. The fraction of sp³-hybridized carbons (Fsp3) is 0.231. The zero-order valence-corrected chi connectivity index (χ0v) is 26.0. The highest BCUT2D eigenvalue weighted by molar-refractivity contribution is 6.31. The molecule has 0 bridgehead atoms. The molecule has 5 aromatic rings. The van der Waals surface area contributed by atoms with Crippen LogP contribution < -0.4 is 9.80 Å². The van der Waals surface area contributed by atoms with Crippen molar-refractivity contribution in [2.45, 2.75) is 58.3 Å². The number of halogens is 1. The molecule has 0 radical (unpaired) electrons. The van der Waals surface area contributed by atoms with Gasteiger partial charge in [0.1, 0.15) is 0 Å². The predicted molar refractivity (Wildman–Crippen MR) is 181 cm³/mol. The van der Waals surface area contributed by atoms with E-state index in [0.717, 1.165) is 44.7 Å². The van der Waals surface area contributed by atoms with Gasteiger partial charge in [-0.2, -0.15) is 0 Å². The molecule has 212 valence electrons. The molecular formula is C39H39ClN2. The maximum atomic E-state index is 6.67. The Hall–Kier alpha value is -4.01. The molecule has 0 saturated heterocycles. The number of fused-ring (bicyclic) bond motifs is 1. The van der Waals surface area contributed by atoms with Crippen LogP contribution in [-0.4, -0.2) is 0 Å². The summed E-state index contributed by atoms with van der Waals surface area (Å²) in [7, 11) is 0. The van der Waals surface area contributed by atoms with Crippen molar-refractivity contribution in [3.05, 3.63) is 143 Å². The summed E-state index contributed by atoms with van der Waals surface area (Å²) >= 11 is 6.67. The molecule has 0 atom stereocenters. The number of anilines is 6. The van der Waals surface area contributed by atoms with Crippen LogP contribution in [0.4, 0.5) is 34.1 Å². The summed E-state index contributed by atoms with van der Waals surface area (Å²) in [5.41, 5.74) is 10.9. The van der Waals surface area contributed by atoms with E-state index in [1.807, 2.05) is 6.07 Å². The Balaban J connectivity index is 1.55. The highest BCUT2D eigenvalue weighted by atomic mass is 35.5. The molecule has 1 aliphatic rings. The number of aryl methyl sites for hydroxylation is 1. The molecule has 0 saturated carbocycles. The number of nitrogens with zero attached hydrogens (tertiary/aromatic N) is 2. The molecule has 5 aromatic carbocycles. The normalized spacial score (nSPS) is 15.1. The molecule has 0 amide bonds. The van der Waals surface area contributed by atoms with Gasteiger partial charge in [-0.05, 0) is 120 Å². The van der Waals surface area contributed by atoms with Crippen LogP contribution in [0.2, 0.25) is 5.02 Å². The summed E-state index contributed by atoms with van der Waals surface area (Å²) in [6.45, 7) is 11.6. The molecule has 6 rings (SSSR count). The SMILES string of the molecule is Cc1cc(Cl)cc(N(c2cccc(N(c3ccccc3)c3ccccc3)c2)c2ccc3c(c2)C(C)(C)CCC3(C)C)c1. The number of hydrogen-bond donors (Lipinski definition) is 0. The van der Waals surface area contributed by atoms with E-state index in [1.165, 1.54) is 24.0 Å². The van der Waals surface area contributed by atoms with E-state index in [0.29, 0.717) is 0 Å². The third kappa shape index (κ3) is 5.44. The largest absolute Gasteiger partial charge is 0.310 e. The molecular weight excluding hydrogens is 532 g/mol. The molecule has 42 heavy (non-hydrogen) atoms. The second kappa shape index (κ2) is 11.0. The van der Waals surface area contributed by atoms with Gasteiger partial charge < -0.3 is 9.80 Å². The van der Waals surface area contributed by atoms with Crippen LogP contribution in [0, 0.1) is 6.92 Å². The second-order valence-corrected chi connectivity index (χ2v) is 13.3. The number of benzene rings is 5. The summed E-state index contributed by atoms with van der Waals surface area (Å²) in [6.07, 6.45) is 2.37. The average molecular weight is 571 g/mol. The molecule has 1 aliphatic carbocycles. The minimum atomic E-state index is 0.107. The van der Waals surface area contributed by atoms with Crippen molar-refractivity contribution in [2.75, 3.05) is 9.80 Å².